The number of nitrogens with one attached hydrogen (secondary N) is 1. The van der Waals surface area contributed by atoms with Crippen LogP contribution in [0.15, 0.2) is 56.7 Å². The van der Waals surface area contributed by atoms with Crippen LogP contribution in [0.3, 0.4) is 0 Å². The molecule has 0 aliphatic heterocycles. The van der Waals surface area contributed by atoms with Crippen molar-refractivity contribution in [3.8, 4) is 0 Å². The van der Waals surface area contributed by atoms with Gasteiger partial charge in [0.1, 0.15) is 4.90 Å². The van der Waals surface area contributed by atoms with Gasteiger partial charge in [0.05, 0.1) is 0 Å². The van der Waals surface area contributed by atoms with Crippen molar-refractivity contribution >= 4 is 48.6 Å². The highest BCUT2D eigenvalue weighted by Crippen LogP contribution is 2.27. The lowest BCUT2D eigenvalue weighted by Gasteiger charge is -2.11. The fourth-order valence-corrected chi connectivity index (χ4v) is 4.73. The smallest absolute Gasteiger partial charge is 0.285 e. The summed E-state index contributed by atoms with van der Waals surface area (Å²) < 4.78 is 28.0. The van der Waals surface area contributed by atoms with Crippen LogP contribution < -0.4 is 4.72 Å². The quantitative estimate of drug-likeness (QED) is 0.735. The van der Waals surface area contributed by atoms with E-state index >= 15 is 0 Å². The average molecular weight is 429 g/mol. The number of anilines is 1. The number of hydrogen-bond acceptors (Lipinski definition) is 4. The number of halogens is 1. The van der Waals surface area contributed by atoms with E-state index in [-0.39, 0.29) is 10.1 Å². The van der Waals surface area contributed by atoms with Crippen LogP contribution in [0, 0.1) is 6.92 Å². The summed E-state index contributed by atoms with van der Waals surface area (Å²) in [6.07, 6.45) is 0. The normalized spacial score (nSPS) is 11.2. The number of nitrogens with zero attached hydrogens (tertiary/aromatic N) is 1. The summed E-state index contributed by atoms with van der Waals surface area (Å²) in [5.41, 5.74) is 1.40. The van der Waals surface area contributed by atoms with Gasteiger partial charge in [0, 0.05) is 29.2 Å². The molecule has 0 unspecified atom stereocenters. The van der Waals surface area contributed by atoms with Crippen molar-refractivity contribution < 1.29 is 13.2 Å². The van der Waals surface area contributed by atoms with Gasteiger partial charge in [0.2, 0.25) is 0 Å². The molecule has 128 valence electrons. The predicted molar refractivity (Wildman–Crippen MR) is 101 cm³/mol. The number of sulfonamides is 1. The zero-order chi connectivity index (χ0) is 17.9. The number of hydrogen-bond donors (Lipinski definition) is 1. The topological polar surface area (TPSA) is 66.5 Å². The Hall–Kier alpha value is -1.51. The molecule has 1 N–H and O–H groups in total. The van der Waals surface area contributed by atoms with Gasteiger partial charge < -0.3 is 4.90 Å². The van der Waals surface area contributed by atoms with Gasteiger partial charge in [-0.2, -0.15) is 0 Å². The SMILES string of the molecule is Cc1ccc(S(=O)(=O)Nc2ccc(SC(=O)N(C)C)cc2)c(Br)c1. The van der Waals surface area contributed by atoms with Crippen LogP contribution in [-0.2, 0) is 10.0 Å². The number of rotatable bonds is 4. The molecule has 0 heterocycles. The molecule has 8 heteroatoms. The fourth-order valence-electron chi connectivity index (χ4n) is 1.82. The molecule has 0 radical (unpaired) electrons. The first kappa shape index (κ1) is 18.8. The zero-order valence-corrected chi connectivity index (χ0v) is 16.6. The molecule has 0 atom stereocenters. The first-order valence-electron chi connectivity index (χ1n) is 6.97. The summed E-state index contributed by atoms with van der Waals surface area (Å²) >= 11 is 4.37. The van der Waals surface area contributed by atoms with E-state index in [1.807, 2.05) is 6.92 Å². The predicted octanol–water partition coefficient (Wildman–Crippen LogP) is 4.33. The van der Waals surface area contributed by atoms with Crippen LogP contribution >= 0.6 is 27.7 Å². The van der Waals surface area contributed by atoms with Gasteiger partial charge in [-0.3, -0.25) is 9.52 Å². The summed E-state index contributed by atoms with van der Waals surface area (Å²) in [6, 6.07) is 11.7. The Labute approximate surface area is 154 Å². The third-order valence-electron chi connectivity index (χ3n) is 3.05. The van der Waals surface area contributed by atoms with E-state index in [9.17, 15) is 13.2 Å². The van der Waals surface area contributed by atoms with Gasteiger partial charge in [-0.15, -0.1) is 0 Å². The van der Waals surface area contributed by atoms with E-state index in [1.54, 1.807) is 56.6 Å². The zero-order valence-electron chi connectivity index (χ0n) is 13.4. The Bertz CT molecular complexity index is 850. The van der Waals surface area contributed by atoms with Gasteiger partial charge in [-0.25, -0.2) is 8.42 Å². The van der Waals surface area contributed by atoms with Crippen molar-refractivity contribution in [2.75, 3.05) is 18.8 Å². The van der Waals surface area contributed by atoms with Crippen molar-refractivity contribution in [2.24, 2.45) is 0 Å². The maximum atomic E-state index is 12.5. The Kier molecular flexibility index (Phi) is 5.95. The second kappa shape index (κ2) is 7.58. The highest BCUT2D eigenvalue weighted by Gasteiger charge is 2.18. The van der Waals surface area contributed by atoms with E-state index in [0.29, 0.717) is 10.2 Å². The number of carbonyl (C=O) groups is 1. The summed E-state index contributed by atoms with van der Waals surface area (Å²) in [5, 5.41) is -0.0908. The van der Waals surface area contributed by atoms with Crippen molar-refractivity contribution in [3.05, 3.63) is 52.5 Å². The van der Waals surface area contributed by atoms with Gasteiger partial charge >= 0.3 is 0 Å². The Balaban J connectivity index is 2.17. The molecule has 5 nitrogen and oxygen atoms in total. The van der Waals surface area contributed by atoms with Crippen molar-refractivity contribution in [3.63, 3.8) is 0 Å². The maximum absolute atomic E-state index is 12.5. The summed E-state index contributed by atoms with van der Waals surface area (Å²) in [4.78, 5) is 14.0. The molecule has 0 bridgehead atoms. The Morgan fingerprint density at radius 2 is 1.75 bits per heavy atom. The Morgan fingerprint density at radius 1 is 1.12 bits per heavy atom. The van der Waals surface area contributed by atoms with Crippen LogP contribution in [0.25, 0.3) is 0 Å². The van der Waals surface area contributed by atoms with Gasteiger partial charge in [0.15, 0.2) is 0 Å². The highest BCUT2D eigenvalue weighted by atomic mass is 79.9. The third kappa shape index (κ3) is 4.75. The van der Waals surface area contributed by atoms with E-state index in [1.165, 1.54) is 4.90 Å². The van der Waals surface area contributed by atoms with Crippen LogP contribution in [0.4, 0.5) is 10.5 Å². The van der Waals surface area contributed by atoms with E-state index in [0.717, 1.165) is 22.2 Å². The van der Waals surface area contributed by atoms with Crippen molar-refractivity contribution in [1.82, 2.24) is 4.90 Å². The molecular formula is C16H17BrN2O3S2. The lowest BCUT2D eigenvalue weighted by Crippen LogP contribution is -2.16. The molecule has 24 heavy (non-hydrogen) atoms. The van der Waals surface area contributed by atoms with E-state index in [4.69, 9.17) is 0 Å². The molecule has 0 aliphatic rings. The second-order valence-electron chi connectivity index (χ2n) is 5.33. The van der Waals surface area contributed by atoms with Crippen LogP contribution in [0.1, 0.15) is 5.56 Å². The van der Waals surface area contributed by atoms with Crippen LogP contribution in [-0.4, -0.2) is 32.7 Å². The lowest BCUT2D eigenvalue weighted by atomic mass is 10.2. The van der Waals surface area contributed by atoms with E-state index < -0.39 is 10.0 Å². The van der Waals surface area contributed by atoms with E-state index in [2.05, 4.69) is 20.7 Å². The number of amides is 1. The molecule has 1 amide bonds. The minimum absolute atomic E-state index is 0.0908. The molecule has 2 rings (SSSR count). The first-order chi connectivity index (χ1) is 11.2. The largest absolute Gasteiger partial charge is 0.339 e. The minimum atomic E-state index is -3.69. The number of benzene rings is 2. The second-order valence-corrected chi connectivity index (χ2v) is 8.86. The highest BCUT2D eigenvalue weighted by molar-refractivity contribution is 9.10. The van der Waals surface area contributed by atoms with Gasteiger partial charge in [0.25, 0.3) is 15.3 Å². The maximum Gasteiger partial charge on any atom is 0.285 e. The first-order valence-corrected chi connectivity index (χ1v) is 10.1. The standard InChI is InChI=1S/C16H17BrN2O3S2/c1-11-4-9-15(14(17)10-11)24(21,22)18-12-5-7-13(8-6-12)23-16(20)19(2)3/h4-10,18H,1-3H3. The van der Waals surface area contributed by atoms with Crippen molar-refractivity contribution in [2.45, 2.75) is 16.7 Å². The monoisotopic (exact) mass is 428 g/mol. The molecule has 0 saturated carbocycles. The molecule has 0 fully saturated rings. The summed E-state index contributed by atoms with van der Waals surface area (Å²) in [6.45, 7) is 1.89. The van der Waals surface area contributed by atoms with Crippen LogP contribution in [0.5, 0.6) is 0 Å². The number of carbonyl (C=O) groups excluding carboxylic acids is 1. The summed E-state index contributed by atoms with van der Waals surface area (Å²) in [7, 11) is -0.333. The van der Waals surface area contributed by atoms with Crippen LogP contribution in [0.2, 0.25) is 0 Å². The molecule has 0 saturated heterocycles. The average Bonchev–Trinajstić information content (AvgIpc) is 2.48. The van der Waals surface area contributed by atoms with Gasteiger partial charge in [-0.1, -0.05) is 6.07 Å². The number of thioether (sulfide) groups is 1. The molecule has 0 spiro atoms. The Morgan fingerprint density at radius 3 is 2.29 bits per heavy atom. The lowest BCUT2D eigenvalue weighted by molar-refractivity contribution is 0.241. The number of aryl methyl sites for hydroxylation is 1. The summed E-state index contributed by atoms with van der Waals surface area (Å²) in [5.74, 6) is 0. The third-order valence-corrected chi connectivity index (χ3v) is 6.46. The molecule has 2 aromatic rings. The van der Waals surface area contributed by atoms with Gasteiger partial charge in [-0.05, 0) is 76.6 Å². The fraction of sp³-hybridized carbons (Fsp3) is 0.188. The minimum Gasteiger partial charge on any atom is -0.339 e. The molecular weight excluding hydrogens is 412 g/mol. The molecule has 0 aromatic heterocycles. The molecule has 2 aromatic carbocycles. The molecule has 0 aliphatic carbocycles. The van der Waals surface area contributed by atoms with Crippen molar-refractivity contribution in [1.29, 1.82) is 0 Å².